The minimum absolute atomic E-state index is 0.0334. The van der Waals surface area contributed by atoms with Crippen molar-refractivity contribution < 1.29 is 4.79 Å². The van der Waals surface area contributed by atoms with E-state index in [0.717, 1.165) is 13.0 Å². The second-order valence-corrected chi connectivity index (χ2v) is 3.62. The van der Waals surface area contributed by atoms with Crippen LogP contribution in [0.2, 0.25) is 0 Å². The lowest BCUT2D eigenvalue weighted by Crippen LogP contribution is -2.18. The van der Waals surface area contributed by atoms with Gasteiger partial charge in [0, 0.05) is 25.7 Å². The van der Waals surface area contributed by atoms with Crippen LogP contribution in [0.15, 0.2) is 23.1 Å². The molecule has 0 saturated carbocycles. The summed E-state index contributed by atoms with van der Waals surface area (Å²) >= 11 is 0. The SMILES string of the molecule is CNCCCC(=O)Nc1ccc(=O)n(C)c1. The molecule has 0 spiro atoms. The average molecular weight is 223 g/mol. The van der Waals surface area contributed by atoms with E-state index in [1.54, 1.807) is 19.3 Å². The Labute approximate surface area is 94.5 Å². The molecule has 0 unspecified atom stereocenters. The Hall–Kier alpha value is -1.62. The summed E-state index contributed by atoms with van der Waals surface area (Å²) in [6.07, 6.45) is 2.89. The number of hydrogen-bond acceptors (Lipinski definition) is 3. The Morgan fingerprint density at radius 1 is 1.44 bits per heavy atom. The zero-order valence-electron chi connectivity index (χ0n) is 9.62. The molecule has 1 heterocycles. The van der Waals surface area contributed by atoms with Crippen LogP contribution in [0.3, 0.4) is 0 Å². The van der Waals surface area contributed by atoms with Gasteiger partial charge in [-0.15, -0.1) is 0 Å². The van der Waals surface area contributed by atoms with Gasteiger partial charge >= 0.3 is 0 Å². The molecule has 1 aromatic rings. The zero-order valence-corrected chi connectivity index (χ0v) is 9.62. The fourth-order valence-electron chi connectivity index (χ4n) is 1.32. The maximum Gasteiger partial charge on any atom is 0.250 e. The highest BCUT2D eigenvalue weighted by Gasteiger charge is 2.02. The molecule has 1 amide bonds. The van der Waals surface area contributed by atoms with Crippen LogP contribution in [-0.2, 0) is 11.8 Å². The molecule has 16 heavy (non-hydrogen) atoms. The molecule has 0 atom stereocenters. The predicted octanol–water partition coefficient (Wildman–Crippen LogP) is 0.323. The molecule has 0 aromatic carbocycles. The average Bonchev–Trinajstić information content (AvgIpc) is 2.24. The number of anilines is 1. The van der Waals surface area contributed by atoms with Crippen LogP contribution in [0.4, 0.5) is 5.69 Å². The van der Waals surface area contributed by atoms with Gasteiger partial charge in [-0.25, -0.2) is 0 Å². The van der Waals surface area contributed by atoms with Crippen LogP contribution >= 0.6 is 0 Å². The smallest absolute Gasteiger partial charge is 0.250 e. The third-order valence-corrected chi connectivity index (χ3v) is 2.20. The first-order valence-electron chi connectivity index (χ1n) is 5.24. The van der Waals surface area contributed by atoms with Crippen LogP contribution in [0.5, 0.6) is 0 Å². The topological polar surface area (TPSA) is 63.1 Å². The standard InChI is InChI=1S/C11H17N3O2/c1-12-7-3-4-10(15)13-9-5-6-11(16)14(2)8-9/h5-6,8,12H,3-4,7H2,1-2H3,(H,13,15). The van der Waals surface area contributed by atoms with Crippen molar-refractivity contribution in [2.75, 3.05) is 18.9 Å². The van der Waals surface area contributed by atoms with Crippen molar-refractivity contribution in [3.8, 4) is 0 Å². The molecular weight excluding hydrogens is 206 g/mol. The van der Waals surface area contributed by atoms with E-state index in [4.69, 9.17) is 0 Å². The molecule has 1 rings (SSSR count). The lowest BCUT2D eigenvalue weighted by atomic mass is 10.3. The molecule has 0 fully saturated rings. The second kappa shape index (κ2) is 6.07. The fourth-order valence-corrected chi connectivity index (χ4v) is 1.32. The van der Waals surface area contributed by atoms with Crippen LogP contribution in [0, 0.1) is 0 Å². The summed E-state index contributed by atoms with van der Waals surface area (Å²) < 4.78 is 1.43. The van der Waals surface area contributed by atoms with Crippen molar-refractivity contribution in [1.29, 1.82) is 0 Å². The van der Waals surface area contributed by atoms with Crippen molar-refractivity contribution in [3.05, 3.63) is 28.7 Å². The Balaban J connectivity index is 2.50. The van der Waals surface area contributed by atoms with Gasteiger partial charge in [-0.1, -0.05) is 0 Å². The Kier molecular flexibility index (Phi) is 4.72. The lowest BCUT2D eigenvalue weighted by Gasteiger charge is -2.06. The Morgan fingerprint density at radius 2 is 2.19 bits per heavy atom. The highest BCUT2D eigenvalue weighted by atomic mass is 16.1. The minimum Gasteiger partial charge on any atom is -0.325 e. The summed E-state index contributed by atoms with van der Waals surface area (Å²) in [4.78, 5) is 22.6. The van der Waals surface area contributed by atoms with E-state index in [1.807, 2.05) is 7.05 Å². The van der Waals surface area contributed by atoms with Gasteiger partial charge in [0.25, 0.3) is 0 Å². The first kappa shape index (κ1) is 12.4. The Bertz CT molecular complexity index is 412. The number of rotatable bonds is 5. The first-order chi connectivity index (χ1) is 7.63. The molecule has 2 N–H and O–H groups in total. The number of aryl methyl sites for hydroxylation is 1. The summed E-state index contributed by atoms with van der Waals surface area (Å²) in [5.74, 6) is -0.0334. The molecule has 5 heteroatoms. The zero-order chi connectivity index (χ0) is 12.0. The quantitative estimate of drug-likeness (QED) is 0.707. The van der Waals surface area contributed by atoms with Crippen molar-refractivity contribution in [2.45, 2.75) is 12.8 Å². The van der Waals surface area contributed by atoms with E-state index in [-0.39, 0.29) is 11.5 Å². The summed E-state index contributed by atoms with van der Waals surface area (Å²) in [5, 5.41) is 5.72. The summed E-state index contributed by atoms with van der Waals surface area (Å²) in [6, 6.07) is 3.04. The van der Waals surface area contributed by atoms with Gasteiger partial charge in [0.1, 0.15) is 0 Å². The van der Waals surface area contributed by atoms with Crippen molar-refractivity contribution >= 4 is 11.6 Å². The van der Waals surface area contributed by atoms with Gasteiger partial charge in [0.05, 0.1) is 5.69 Å². The van der Waals surface area contributed by atoms with Gasteiger partial charge < -0.3 is 15.2 Å². The molecule has 88 valence electrons. The molecule has 0 aliphatic heterocycles. The van der Waals surface area contributed by atoms with Crippen molar-refractivity contribution in [2.24, 2.45) is 7.05 Å². The number of hydrogen-bond donors (Lipinski definition) is 2. The number of nitrogens with zero attached hydrogens (tertiary/aromatic N) is 1. The molecule has 0 radical (unpaired) electrons. The summed E-state index contributed by atoms with van der Waals surface area (Å²) in [5.41, 5.74) is 0.560. The highest BCUT2D eigenvalue weighted by molar-refractivity contribution is 5.90. The van der Waals surface area contributed by atoms with Crippen LogP contribution in [0.25, 0.3) is 0 Å². The van der Waals surface area contributed by atoms with E-state index in [2.05, 4.69) is 10.6 Å². The number of carbonyl (C=O) groups excluding carboxylic acids is 1. The number of carbonyl (C=O) groups is 1. The third kappa shape index (κ3) is 3.86. The van der Waals surface area contributed by atoms with E-state index < -0.39 is 0 Å². The molecule has 5 nitrogen and oxygen atoms in total. The van der Waals surface area contributed by atoms with Gasteiger partial charge in [-0.3, -0.25) is 9.59 Å². The molecular formula is C11H17N3O2. The van der Waals surface area contributed by atoms with Gasteiger partial charge in [0.2, 0.25) is 11.5 Å². The fraction of sp³-hybridized carbons (Fsp3) is 0.455. The lowest BCUT2D eigenvalue weighted by molar-refractivity contribution is -0.116. The molecule has 1 aromatic heterocycles. The third-order valence-electron chi connectivity index (χ3n) is 2.20. The number of nitrogens with one attached hydrogen (secondary N) is 2. The molecule has 0 aliphatic rings. The van der Waals surface area contributed by atoms with Gasteiger partial charge in [-0.2, -0.15) is 0 Å². The van der Waals surface area contributed by atoms with Gasteiger partial charge in [-0.05, 0) is 26.1 Å². The van der Waals surface area contributed by atoms with Crippen molar-refractivity contribution in [1.82, 2.24) is 9.88 Å². The molecule has 0 aliphatic carbocycles. The maximum atomic E-state index is 11.5. The van der Waals surface area contributed by atoms with E-state index in [0.29, 0.717) is 12.1 Å². The largest absolute Gasteiger partial charge is 0.325 e. The van der Waals surface area contributed by atoms with Crippen LogP contribution in [0.1, 0.15) is 12.8 Å². The second-order valence-electron chi connectivity index (χ2n) is 3.62. The van der Waals surface area contributed by atoms with E-state index in [1.165, 1.54) is 10.6 Å². The van der Waals surface area contributed by atoms with E-state index >= 15 is 0 Å². The summed E-state index contributed by atoms with van der Waals surface area (Å²) in [7, 11) is 3.50. The predicted molar refractivity (Wildman–Crippen MR) is 63.5 cm³/mol. The van der Waals surface area contributed by atoms with Gasteiger partial charge in [0.15, 0.2) is 0 Å². The van der Waals surface area contributed by atoms with Crippen LogP contribution in [-0.4, -0.2) is 24.1 Å². The number of amides is 1. The molecule has 0 bridgehead atoms. The number of pyridine rings is 1. The monoisotopic (exact) mass is 223 g/mol. The number of aromatic nitrogens is 1. The minimum atomic E-state index is -0.0896. The first-order valence-corrected chi connectivity index (χ1v) is 5.24. The highest BCUT2D eigenvalue weighted by Crippen LogP contribution is 2.03. The van der Waals surface area contributed by atoms with E-state index in [9.17, 15) is 9.59 Å². The summed E-state index contributed by atoms with van der Waals surface area (Å²) in [6.45, 7) is 0.820. The maximum absolute atomic E-state index is 11.5. The normalized spacial score (nSPS) is 10.1. The molecule has 0 saturated heterocycles. The Morgan fingerprint density at radius 3 is 2.81 bits per heavy atom. The van der Waals surface area contributed by atoms with Crippen molar-refractivity contribution in [3.63, 3.8) is 0 Å². The van der Waals surface area contributed by atoms with Crippen LogP contribution < -0.4 is 16.2 Å².